The summed E-state index contributed by atoms with van der Waals surface area (Å²) in [5.41, 5.74) is 2.49. The van der Waals surface area contributed by atoms with Crippen molar-refractivity contribution in [2.45, 2.75) is 6.92 Å². The molecule has 102 valence electrons. The smallest absolute Gasteiger partial charge is 0.255 e. The van der Waals surface area contributed by atoms with Gasteiger partial charge in [0.25, 0.3) is 5.91 Å². The SMILES string of the molecule is COc1cc(C)c(NC(=O)c2ccc(C=O)cc2)cn1. The molecule has 0 saturated heterocycles. The Kier molecular flexibility index (Phi) is 4.10. The number of carbonyl (C=O) groups excluding carboxylic acids is 2. The lowest BCUT2D eigenvalue weighted by Gasteiger charge is -2.09. The van der Waals surface area contributed by atoms with Gasteiger partial charge < -0.3 is 10.1 Å². The number of amides is 1. The van der Waals surface area contributed by atoms with E-state index in [0.717, 1.165) is 11.8 Å². The molecule has 0 atom stereocenters. The van der Waals surface area contributed by atoms with E-state index >= 15 is 0 Å². The molecule has 1 amide bonds. The molecule has 5 nitrogen and oxygen atoms in total. The zero-order valence-corrected chi connectivity index (χ0v) is 11.2. The Morgan fingerprint density at radius 3 is 2.55 bits per heavy atom. The molecular weight excluding hydrogens is 256 g/mol. The van der Waals surface area contributed by atoms with E-state index in [0.29, 0.717) is 22.7 Å². The van der Waals surface area contributed by atoms with Crippen LogP contribution in [0.1, 0.15) is 26.3 Å². The van der Waals surface area contributed by atoms with Gasteiger partial charge in [0.2, 0.25) is 5.88 Å². The average molecular weight is 270 g/mol. The lowest BCUT2D eigenvalue weighted by atomic mass is 10.1. The number of aromatic nitrogens is 1. The largest absolute Gasteiger partial charge is 0.481 e. The molecule has 0 unspecified atom stereocenters. The second-order valence-corrected chi connectivity index (χ2v) is 4.24. The predicted octanol–water partition coefficient (Wildman–Crippen LogP) is 2.46. The maximum atomic E-state index is 12.1. The number of nitrogens with one attached hydrogen (secondary N) is 1. The molecule has 1 N–H and O–H groups in total. The highest BCUT2D eigenvalue weighted by atomic mass is 16.5. The van der Waals surface area contributed by atoms with Crippen molar-refractivity contribution in [3.63, 3.8) is 0 Å². The van der Waals surface area contributed by atoms with Crippen molar-refractivity contribution < 1.29 is 14.3 Å². The molecule has 1 aromatic heterocycles. The molecular formula is C15H14N2O3. The third-order valence-corrected chi connectivity index (χ3v) is 2.85. The van der Waals surface area contributed by atoms with Crippen LogP contribution in [0.15, 0.2) is 36.5 Å². The number of aldehydes is 1. The molecule has 2 aromatic rings. The number of nitrogens with zero attached hydrogens (tertiary/aromatic N) is 1. The second-order valence-electron chi connectivity index (χ2n) is 4.24. The highest BCUT2D eigenvalue weighted by Crippen LogP contribution is 2.18. The second kappa shape index (κ2) is 5.97. The van der Waals surface area contributed by atoms with E-state index in [1.807, 2.05) is 6.92 Å². The quantitative estimate of drug-likeness (QED) is 0.866. The van der Waals surface area contributed by atoms with Gasteiger partial charge in [0.05, 0.1) is 19.0 Å². The van der Waals surface area contributed by atoms with Crippen LogP contribution in [0, 0.1) is 6.92 Å². The van der Waals surface area contributed by atoms with Crippen molar-refractivity contribution >= 4 is 17.9 Å². The molecule has 0 aliphatic heterocycles. The molecule has 5 heteroatoms. The van der Waals surface area contributed by atoms with Gasteiger partial charge in [0, 0.05) is 17.2 Å². The van der Waals surface area contributed by atoms with Crippen LogP contribution in [-0.2, 0) is 0 Å². The number of carbonyl (C=O) groups is 2. The van der Waals surface area contributed by atoms with Gasteiger partial charge in [-0.25, -0.2) is 4.98 Å². The molecule has 2 rings (SSSR count). The van der Waals surface area contributed by atoms with Gasteiger partial charge in [-0.1, -0.05) is 12.1 Å². The predicted molar refractivity (Wildman–Crippen MR) is 75.3 cm³/mol. The maximum absolute atomic E-state index is 12.1. The summed E-state index contributed by atoms with van der Waals surface area (Å²) < 4.78 is 5.01. The first-order valence-corrected chi connectivity index (χ1v) is 6.01. The first-order valence-electron chi connectivity index (χ1n) is 6.01. The lowest BCUT2D eigenvalue weighted by molar-refractivity contribution is 0.102. The van der Waals surface area contributed by atoms with Crippen molar-refractivity contribution in [1.29, 1.82) is 0 Å². The Bertz CT molecular complexity index is 636. The first kappa shape index (κ1) is 13.7. The summed E-state index contributed by atoms with van der Waals surface area (Å²) in [5.74, 6) is 0.244. The van der Waals surface area contributed by atoms with Crippen LogP contribution in [0.25, 0.3) is 0 Å². The zero-order valence-electron chi connectivity index (χ0n) is 11.2. The number of benzene rings is 1. The van der Waals surface area contributed by atoms with Crippen LogP contribution >= 0.6 is 0 Å². The van der Waals surface area contributed by atoms with Gasteiger partial charge in [-0.2, -0.15) is 0 Å². The van der Waals surface area contributed by atoms with Gasteiger partial charge >= 0.3 is 0 Å². The standard InChI is InChI=1S/C15H14N2O3/c1-10-7-14(20-2)16-8-13(10)17-15(19)12-5-3-11(9-18)4-6-12/h3-9H,1-2H3,(H,17,19). The summed E-state index contributed by atoms with van der Waals surface area (Å²) in [6.07, 6.45) is 2.28. The van der Waals surface area contributed by atoms with E-state index in [2.05, 4.69) is 10.3 Å². The van der Waals surface area contributed by atoms with E-state index in [1.54, 1.807) is 36.5 Å². The van der Waals surface area contributed by atoms with Crippen LogP contribution in [-0.4, -0.2) is 24.3 Å². The van der Waals surface area contributed by atoms with E-state index in [4.69, 9.17) is 4.74 Å². The number of methoxy groups -OCH3 is 1. The maximum Gasteiger partial charge on any atom is 0.255 e. The van der Waals surface area contributed by atoms with E-state index in [9.17, 15) is 9.59 Å². The van der Waals surface area contributed by atoms with Crippen LogP contribution in [0.2, 0.25) is 0 Å². The zero-order chi connectivity index (χ0) is 14.5. The minimum atomic E-state index is -0.252. The Hall–Kier alpha value is -2.69. The number of pyridine rings is 1. The summed E-state index contributed by atoms with van der Waals surface area (Å²) in [7, 11) is 1.54. The Morgan fingerprint density at radius 1 is 1.30 bits per heavy atom. The minimum Gasteiger partial charge on any atom is -0.481 e. The Labute approximate surface area is 116 Å². The van der Waals surface area contributed by atoms with Crippen LogP contribution in [0.4, 0.5) is 5.69 Å². The number of rotatable bonds is 4. The van der Waals surface area contributed by atoms with E-state index < -0.39 is 0 Å². The summed E-state index contributed by atoms with van der Waals surface area (Å²) in [6, 6.07) is 8.14. The van der Waals surface area contributed by atoms with Gasteiger partial charge in [0.1, 0.15) is 6.29 Å². The number of aryl methyl sites for hydroxylation is 1. The fourth-order valence-corrected chi connectivity index (χ4v) is 1.68. The van der Waals surface area contributed by atoms with Gasteiger partial charge in [-0.05, 0) is 24.6 Å². The number of hydrogen-bond acceptors (Lipinski definition) is 4. The van der Waals surface area contributed by atoms with Crippen molar-refractivity contribution in [3.8, 4) is 5.88 Å². The van der Waals surface area contributed by atoms with Gasteiger partial charge in [0.15, 0.2) is 0 Å². The first-order chi connectivity index (χ1) is 9.63. The molecule has 0 spiro atoms. The molecule has 0 radical (unpaired) electrons. The van der Waals surface area contributed by atoms with Crippen molar-refractivity contribution in [3.05, 3.63) is 53.2 Å². The summed E-state index contributed by atoms with van der Waals surface area (Å²) in [4.78, 5) is 26.7. The van der Waals surface area contributed by atoms with Crippen molar-refractivity contribution in [2.24, 2.45) is 0 Å². The topological polar surface area (TPSA) is 68.3 Å². The third-order valence-electron chi connectivity index (χ3n) is 2.85. The van der Waals surface area contributed by atoms with Crippen LogP contribution < -0.4 is 10.1 Å². The number of hydrogen-bond donors (Lipinski definition) is 1. The summed E-state index contributed by atoms with van der Waals surface area (Å²) in [6.45, 7) is 1.86. The van der Waals surface area contributed by atoms with Crippen molar-refractivity contribution in [2.75, 3.05) is 12.4 Å². The minimum absolute atomic E-state index is 0.252. The normalized spacial score (nSPS) is 9.90. The molecule has 0 aliphatic carbocycles. The highest BCUT2D eigenvalue weighted by Gasteiger charge is 2.08. The molecule has 1 aromatic carbocycles. The van der Waals surface area contributed by atoms with E-state index in [-0.39, 0.29) is 5.91 Å². The molecule has 1 heterocycles. The van der Waals surface area contributed by atoms with E-state index in [1.165, 1.54) is 7.11 Å². The summed E-state index contributed by atoms with van der Waals surface area (Å²) in [5, 5.41) is 2.77. The average Bonchev–Trinajstić information content (AvgIpc) is 2.49. The summed E-state index contributed by atoms with van der Waals surface area (Å²) >= 11 is 0. The van der Waals surface area contributed by atoms with Crippen LogP contribution in [0.5, 0.6) is 5.88 Å². The molecule has 0 saturated carbocycles. The van der Waals surface area contributed by atoms with Crippen molar-refractivity contribution in [1.82, 2.24) is 4.98 Å². The fraction of sp³-hybridized carbons (Fsp3) is 0.133. The molecule has 0 fully saturated rings. The van der Waals surface area contributed by atoms with Gasteiger partial charge in [-0.3, -0.25) is 9.59 Å². The Balaban J connectivity index is 2.16. The highest BCUT2D eigenvalue weighted by molar-refractivity contribution is 6.04. The molecule has 0 aliphatic rings. The number of anilines is 1. The monoisotopic (exact) mass is 270 g/mol. The Morgan fingerprint density at radius 2 is 2.00 bits per heavy atom. The fourth-order valence-electron chi connectivity index (χ4n) is 1.68. The van der Waals surface area contributed by atoms with Gasteiger partial charge in [-0.15, -0.1) is 0 Å². The molecule has 0 bridgehead atoms. The number of ether oxygens (including phenoxy) is 1. The third kappa shape index (κ3) is 3.00. The van der Waals surface area contributed by atoms with Crippen LogP contribution in [0.3, 0.4) is 0 Å². The molecule has 20 heavy (non-hydrogen) atoms. The lowest BCUT2D eigenvalue weighted by Crippen LogP contribution is -2.13.